The second kappa shape index (κ2) is 7.40. The molecule has 124 valence electrons. The first-order valence-corrected chi connectivity index (χ1v) is 9.41. The zero-order valence-corrected chi connectivity index (χ0v) is 14.2. The van der Waals surface area contributed by atoms with Crippen molar-refractivity contribution in [2.45, 2.75) is 12.6 Å². The third kappa shape index (κ3) is 3.89. The highest BCUT2D eigenvalue weighted by Crippen LogP contribution is 2.15. The predicted molar refractivity (Wildman–Crippen MR) is 96.0 cm³/mol. The number of carbonyl (C=O) groups excluding carboxylic acids is 1. The highest BCUT2D eigenvalue weighted by atomic mass is 32.2. The Morgan fingerprint density at radius 2 is 1.88 bits per heavy atom. The predicted octanol–water partition coefficient (Wildman–Crippen LogP) is 2.27. The maximum Gasteiger partial charge on any atom is 0.242 e. The van der Waals surface area contributed by atoms with Crippen molar-refractivity contribution in [1.82, 2.24) is 15.1 Å². The van der Waals surface area contributed by atoms with Crippen LogP contribution in [0.25, 0.3) is 10.9 Å². The van der Waals surface area contributed by atoms with Gasteiger partial charge in [-0.1, -0.05) is 48.5 Å². The van der Waals surface area contributed by atoms with E-state index in [1.165, 1.54) is 0 Å². The van der Waals surface area contributed by atoms with Gasteiger partial charge < -0.3 is 5.32 Å². The second-order valence-electron chi connectivity index (χ2n) is 5.63. The Bertz CT molecular complexity index is 861. The van der Waals surface area contributed by atoms with Crippen LogP contribution in [0.5, 0.6) is 0 Å². The first-order chi connectivity index (χ1) is 11.6. The average molecular weight is 341 g/mol. The van der Waals surface area contributed by atoms with Crippen LogP contribution in [0.3, 0.4) is 0 Å². The smallest absolute Gasteiger partial charge is 0.242 e. The summed E-state index contributed by atoms with van der Waals surface area (Å²) in [6.07, 6.45) is 3.39. The van der Waals surface area contributed by atoms with Gasteiger partial charge in [0, 0.05) is 28.2 Å². The van der Waals surface area contributed by atoms with Gasteiger partial charge in [0.15, 0.2) is 0 Å². The third-order valence-corrected chi connectivity index (χ3v) is 4.59. The van der Waals surface area contributed by atoms with Gasteiger partial charge in [-0.05, 0) is 11.6 Å². The largest absolute Gasteiger partial charge is 0.347 e. The average Bonchev–Trinajstić information content (AvgIpc) is 2.98. The molecule has 24 heavy (non-hydrogen) atoms. The molecule has 0 aliphatic heterocycles. The molecule has 0 saturated carbocycles. The molecular formula is C18H19N3O2S. The Morgan fingerprint density at radius 1 is 1.17 bits per heavy atom. The fourth-order valence-electron chi connectivity index (χ4n) is 2.67. The molecule has 1 heterocycles. The number of nitrogens with one attached hydrogen (secondary N) is 1. The molecule has 3 rings (SSSR count). The van der Waals surface area contributed by atoms with Crippen molar-refractivity contribution in [1.29, 1.82) is 0 Å². The van der Waals surface area contributed by atoms with E-state index < -0.39 is 10.8 Å². The number of amides is 1. The quantitative estimate of drug-likeness (QED) is 0.748. The van der Waals surface area contributed by atoms with E-state index in [4.69, 9.17) is 0 Å². The minimum absolute atomic E-state index is 0.132. The first kappa shape index (κ1) is 16.4. The summed E-state index contributed by atoms with van der Waals surface area (Å²) in [6.45, 7) is 0.132. The van der Waals surface area contributed by atoms with Crippen molar-refractivity contribution >= 4 is 27.6 Å². The lowest BCUT2D eigenvalue weighted by molar-refractivity contribution is -0.122. The molecule has 0 aliphatic carbocycles. The SMILES string of the molecule is C[S@@](=O)C[C@H](NC(=O)Cn1ncc2ccccc21)c1ccccc1. The minimum Gasteiger partial charge on any atom is -0.347 e. The van der Waals surface area contributed by atoms with Crippen molar-refractivity contribution in [2.75, 3.05) is 12.0 Å². The molecule has 0 saturated heterocycles. The van der Waals surface area contributed by atoms with Crippen LogP contribution in [0.1, 0.15) is 11.6 Å². The van der Waals surface area contributed by atoms with Gasteiger partial charge in [0.2, 0.25) is 5.91 Å². The first-order valence-electron chi connectivity index (χ1n) is 7.68. The number of carbonyl (C=O) groups is 1. The van der Waals surface area contributed by atoms with Crippen molar-refractivity contribution in [3.8, 4) is 0 Å². The van der Waals surface area contributed by atoms with Crippen LogP contribution in [0.15, 0.2) is 60.8 Å². The molecule has 0 bridgehead atoms. The highest BCUT2D eigenvalue weighted by molar-refractivity contribution is 7.84. The van der Waals surface area contributed by atoms with E-state index >= 15 is 0 Å². The zero-order chi connectivity index (χ0) is 16.9. The zero-order valence-electron chi connectivity index (χ0n) is 13.4. The molecule has 1 amide bonds. The molecule has 0 radical (unpaired) electrons. The number of aromatic nitrogens is 2. The number of hydrogen-bond acceptors (Lipinski definition) is 3. The summed E-state index contributed by atoms with van der Waals surface area (Å²) in [4.78, 5) is 12.4. The van der Waals surface area contributed by atoms with Crippen LogP contribution < -0.4 is 5.32 Å². The lowest BCUT2D eigenvalue weighted by atomic mass is 10.1. The fourth-order valence-corrected chi connectivity index (χ4v) is 3.41. The number of nitrogens with zero attached hydrogens (tertiary/aromatic N) is 2. The van der Waals surface area contributed by atoms with Crippen molar-refractivity contribution in [3.05, 3.63) is 66.4 Å². The third-order valence-electron chi connectivity index (χ3n) is 3.78. The van der Waals surface area contributed by atoms with Gasteiger partial charge in [-0.25, -0.2) is 0 Å². The summed E-state index contributed by atoms with van der Waals surface area (Å²) in [5, 5.41) is 8.25. The number of fused-ring (bicyclic) bond motifs is 1. The van der Waals surface area contributed by atoms with Crippen molar-refractivity contribution in [2.24, 2.45) is 0 Å². The Kier molecular flexibility index (Phi) is 5.05. The van der Waals surface area contributed by atoms with E-state index in [-0.39, 0.29) is 18.5 Å². The molecule has 0 aliphatic rings. The van der Waals surface area contributed by atoms with Crippen molar-refractivity contribution < 1.29 is 9.00 Å². The summed E-state index contributed by atoms with van der Waals surface area (Å²) < 4.78 is 13.3. The van der Waals surface area contributed by atoms with Gasteiger partial charge in [0.25, 0.3) is 0 Å². The van der Waals surface area contributed by atoms with E-state index in [1.807, 2.05) is 54.6 Å². The van der Waals surface area contributed by atoms with Crippen LogP contribution in [0, 0.1) is 0 Å². The second-order valence-corrected chi connectivity index (χ2v) is 7.11. The Hall–Kier alpha value is -2.47. The maximum atomic E-state index is 12.4. The van der Waals surface area contributed by atoms with Gasteiger partial charge in [-0.15, -0.1) is 0 Å². The minimum atomic E-state index is -1.01. The number of para-hydroxylation sites is 1. The maximum absolute atomic E-state index is 12.4. The Morgan fingerprint density at radius 3 is 2.62 bits per heavy atom. The van der Waals surface area contributed by atoms with E-state index in [0.717, 1.165) is 16.5 Å². The summed E-state index contributed by atoms with van der Waals surface area (Å²) in [5.74, 6) is 0.235. The van der Waals surface area contributed by atoms with Gasteiger partial charge in [0.05, 0.1) is 17.8 Å². The molecule has 0 unspecified atom stereocenters. The van der Waals surface area contributed by atoms with Crippen LogP contribution in [-0.4, -0.2) is 31.9 Å². The van der Waals surface area contributed by atoms with Crippen LogP contribution >= 0.6 is 0 Å². The molecule has 5 nitrogen and oxygen atoms in total. The summed E-state index contributed by atoms with van der Waals surface area (Å²) in [5.41, 5.74) is 1.87. The van der Waals surface area contributed by atoms with Crippen LogP contribution in [0.4, 0.5) is 0 Å². The molecule has 2 aromatic carbocycles. The molecule has 1 aromatic heterocycles. The van der Waals surface area contributed by atoms with E-state index in [2.05, 4.69) is 10.4 Å². The Labute approximate surface area is 143 Å². The normalized spacial score (nSPS) is 13.5. The van der Waals surface area contributed by atoms with Gasteiger partial charge >= 0.3 is 0 Å². The molecule has 0 fully saturated rings. The van der Waals surface area contributed by atoms with E-state index in [9.17, 15) is 9.00 Å². The lowest BCUT2D eigenvalue weighted by Crippen LogP contribution is -2.34. The standard InChI is InChI=1S/C18H19N3O2S/c1-24(23)13-16(14-7-3-2-4-8-14)20-18(22)12-21-17-10-6-5-9-15(17)11-19-21/h2-11,16H,12-13H2,1H3,(H,20,22)/t16-,24+/m0/s1. The van der Waals surface area contributed by atoms with E-state index in [0.29, 0.717) is 5.75 Å². The van der Waals surface area contributed by atoms with E-state index in [1.54, 1.807) is 17.1 Å². The van der Waals surface area contributed by atoms with Crippen LogP contribution in [-0.2, 0) is 22.1 Å². The van der Waals surface area contributed by atoms with Crippen LogP contribution in [0.2, 0.25) is 0 Å². The number of rotatable bonds is 6. The van der Waals surface area contributed by atoms with Gasteiger partial charge in [-0.2, -0.15) is 5.10 Å². The van der Waals surface area contributed by atoms with Crippen molar-refractivity contribution in [3.63, 3.8) is 0 Å². The number of benzene rings is 2. The molecular weight excluding hydrogens is 322 g/mol. The van der Waals surface area contributed by atoms with Gasteiger partial charge in [-0.3, -0.25) is 13.7 Å². The fraction of sp³-hybridized carbons (Fsp3) is 0.222. The summed E-state index contributed by atoms with van der Waals surface area (Å²) >= 11 is 0. The topological polar surface area (TPSA) is 64.0 Å². The molecule has 3 aromatic rings. The Balaban J connectivity index is 1.75. The molecule has 1 N–H and O–H groups in total. The number of hydrogen-bond donors (Lipinski definition) is 1. The molecule has 6 heteroatoms. The van der Waals surface area contributed by atoms with Gasteiger partial charge in [0.1, 0.15) is 6.54 Å². The summed E-state index contributed by atoms with van der Waals surface area (Å²) in [6, 6.07) is 17.1. The highest BCUT2D eigenvalue weighted by Gasteiger charge is 2.17. The molecule has 0 spiro atoms. The summed E-state index contributed by atoms with van der Waals surface area (Å²) in [7, 11) is -1.01. The monoisotopic (exact) mass is 341 g/mol. The lowest BCUT2D eigenvalue weighted by Gasteiger charge is -2.18. The molecule has 2 atom stereocenters.